The van der Waals surface area contributed by atoms with Crippen molar-refractivity contribution in [1.82, 2.24) is 0 Å². The number of hydrogen-bond acceptors (Lipinski definition) is 3. The van der Waals surface area contributed by atoms with Gasteiger partial charge >= 0.3 is 0 Å². The number of methoxy groups -OCH3 is 2. The molecule has 3 heteroatoms. The average molecular weight is 188 g/mol. The minimum atomic E-state index is -0.192. The molecule has 0 bridgehead atoms. The van der Waals surface area contributed by atoms with E-state index in [0.717, 1.165) is 6.42 Å². The quantitative estimate of drug-likeness (QED) is 0.611. The Morgan fingerprint density at radius 2 is 1.85 bits per heavy atom. The van der Waals surface area contributed by atoms with Gasteiger partial charge in [-0.25, -0.2) is 0 Å². The summed E-state index contributed by atoms with van der Waals surface area (Å²) in [7, 11) is 3.27. The summed E-state index contributed by atoms with van der Waals surface area (Å²) in [5, 5.41) is 0. The van der Waals surface area contributed by atoms with Crippen LogP contribution in [0, 0.1) is 0 Å². The molecule has 0 amide bonds. The number of hydrogen-bond donors (Lipinski definition) is 0. The van der Waals surface area contributed by atoms with Crippen LogP contribution >= 0.6 is 0 Å². The topological polar surface area (TPSA) is 35.5 Å². The summed E-state index contributed by atoms with van der Waals surface area (Å²) in [5.74, 6) is 0.243. The van der Waals surface area contributed by atoms with Crippen LogP contribution < -0.4 is 0 Å². The lowest BCUT2D eigenvalue weighted by Crippen LogP contribution is -2.23. The Morgan fingerprint density at radius 1 is 1.23 bits per heavy atom. The van der Waals surface area contributed by atoms with E-state index in [1.165, 1.54) is 0 Å². The molecule has 78 valence electrons. The van der Waals surface area contributed by atoms with Crippen LogP contribution in [0.3, 0.4) is 0 Å². The van der Waals surface area contributed by atoms with E-state index in [-0.39, 0.29) is 11.4 Å². The van der Waals surface area contributed by atoms with E-state index in [0.29, 0.717) is 19.4 Å². The van der Waals surface area contributed by atoms with Crippen molar-refractivity contribution >= 4 is 5.78 Å². The maximum atomic E-state index is 11.2. The lowest BCUT2D eigenvalue weighted by Gasteiger charge is -2.22. The SMILES string of the molecule is COCCC(=O)CCC(C)(C)OC. The maximum absolute atomic E-state index is 11.2. The van der Waals surface area contributed by atoms with Gasteiger partial charge in [0.2, 0.25) is 0 Å². The summed E-state index contributed by atoms with van der Waals surface area (Å²) in [6.45, 7) is 4.49. The molecule has 3 nitrogen and oxygen atoms in total. The van der Waals surface area contributed by atoms with Gasteiger partial charge in [0, 0.05) is 27.1 Å². The summed E-state index contributed by atoms with van der Waals surface area (Å²) in [5.41, 5.74) is -0.192. The predicted octanol–water partition coefficient (Wildman–Crippen LogP) is 1.80. The molecular weight excluding hydrogens is 168 g/mol. The van der Waals surface area contributed by atoms with Gasteiger partial charge in [0.15, 0.2) is 0 Å². The average Bonchev–Trinajstić information content (AvgIpc) is 2.11. The summed E-state index contributed by atoms with van der Waals surface area (Å²) >= 11 is 0. The van der Waals surface area contributed by atoms with Crippen LogP contribution in [0.4, 0.5) is 0 Å². The van der Waals surface area contributed by atoms with Crippen molar-refractivity contribution in [2.45, 2.75) is 38.7 Å². The van der Waals surface area contributed by atoms with E-state index in [4.69, 9.17) is 9.47 Å². The molecule has 0 aromatic heterocycles. The van der Waals surface area contributed by atoms with Crippen molar-refractivity contribution in [3.63, 3.8) is 0 Å². The molecule has 0 unspecified atom stereocenters. The first-order chi connectivity index (χ1) is 6.02. The lowest BCUT2D eigenvalue weighted by molar-refractivity contribution is -0.121. The summed E-state index contributed by atoms with van der Waals surface area (Å²) in [6, 6.07) is 0. The van der Waals surface area contributed by atoms with Crippen LogP contribution in [0.5, 0.6) is 0 Å². The zero-order valence-corrected chi connectivity index (χ0v) is 9.05. The third kappa shape index (κ3) is 6.72. The van der Waals surface area contributed by atoms with E-state index in [2.05, 4.69) is 0 Å². The minimum absolute atomic E-state index is 0.192. The third-order valence-electron chi connectivity index (χ3n) is 2.14. The molecule has 0 aliphatic rings. The molecule has 0 atom stereocenters. The lowest BCUT2D eigenvalue weighted by atomic mass is 10.00. The highest BCUT2D eigenvalue weighted by Gasteiger charge is 2.17. The number of carbonyl (C=O) groups excluding carboxylic acids is 1. The summed E-state index contributed by atoms with van der Waals surface area (Å²) in [6.07, 6.45) is 1.85. The highest BCUT2D eigenvalue weighted by atomic mass is 16.5. The Labute approximate surface area is 80.4 Å². The van der Waals surface area contributed by atoms with E-state index in [9.17, 15) is 4.79 Å². The molecular formula is C10H20O3. The van der Waals surface area contributed by atoms with Crippen LogP contribution in [-0.2, 0) is 14.3 Å². The molecule has 0 saturated carbocycles. The van der Waals surface area contributed by atoms with E-state index in [1.54, 1.807) is 14.2 Å². The largest absolute Gasteiger partial charge is 0.384 e. The molecule has 13 heavy (non-hydrogen) atoms. The van der Waals surface area contributed by atoms with Crippen LogP contribution in [0.2, 0.25) is 0 Å². The number of carbonyl (C=O) groups is 1. The molecule has 0 rings (SSSR count). The maximum Gasteiger partial charge on any atom is 0.135 e. The standard InChI is InChI=1S/C10H20O3/c1-10(2,13-4)7-5-9(11)6-8-12-3/h5-8H2,1-4H3. The summed E-state index contributed by atoms with van der Waals surface area (Å²) < 4.78 is 10.0. The van der Waals surface area contributed by atoms with Gasteiger partial charge in [0.25, 0.3) is 0 Å². The van der Waals surface area contributed by atoms with Gasteiger partial charge in [-0.1, -0.05) is 0 Å². The molecule has 0 saturated heterocycles. The van der Waals surface area contributed by atoms with E-state index < -0.39 is 0 Å². The van der Waals surface area contributed by atoms with Gasteiger partial charge in [0.05, 0.1) is 12.2 Å². The monoisotopic (exact) mass is 188 g/mol. The van der Waals surface area contributed by atoms with Gasteiger partial charge in [-0.2, -0.15) is 0 Å². The van der Waals surface area contributed by atoms with Gasteiger partial charge in [-0.05, 0) is 20.3 Å². The fourth-order valence-corrected chi connectivity index (χ4v) is 0.883. The Bertz CT molecular complexity index is 152. The Balaban J connectivity index is 3.57. The fourth-order valence-electron chi connectivity index (χ4n) is 0.883. The normalized spacial score (nSPS) is 11.7. The zero-order valence-electron chi connectivity index (χ0n) is 9.05. The fraction of sp³-hybridized carbons (Fsp3) is 0.900. The number of ether oxygens (including phenoxy) is 2. The second-order valence-electron chi connectivity index (χ2n) is 3.75. The first-order valence-corrected chi connectivity index (χ1v) is 4.57. The van der Waals surface area contributed by atoms with E-state index in [1.807, 2.05) is 13.8 Å². The molecule has 0 spiro atoms. The smallest absolute Gasteiger partial charge is 0.135 e. The molecule has 0 N–H and O–H groups in total. The van der Waals surface area contributed by atoms with Crippen LogP contribution in [-0.4, -0.2) is 32.2 Å². The number of Topliss-reactive ketones (excluding diaryl/α,β-unsaturated/α-hetero) is 1. The molecule has 0 aliphatic heterocycles. The molecule has 0 radical (unpaired) electrons. The second-order valence-corrected chi connectivity index (χ2v) is 3.75. The first-order valence-electron chi connectivity index (χ1n) is 4.57. The second kappa shape index (κ2) is 6.11. The minimum Gasteiger partial charge on any atom is -0.384 e. The molecule has 0 aliphatic carbocycles. The van der Waals surface area contributed by atoms with E-state index >= 15 is 0 Å². The first kappa shape index (κ1) is 12.6. The van der Waals surface area contributed by atoms with Gasteiger partial charge in [-0.15, -0.1) is 0 Å². The Kier molecular flexibility index (Phi) is 5.91. The molecule has 0 aromatic carbocycles. The Morgan fingerprint density at radius 3 is 2.31 bits per heavy atom. The molecule has 0 aromatic rings. The highest BCUT2D eigenvalue weighted by molar-refractivity contribution is 5.78. The van der Waals surface area contributed by atoms with Gasteiger partial charge in [-0.3, -0.25) is 4.79 Å². The molecule has 0 fully saturated rings. The zero-order chi connectivity index (χ0) is 10.3. The van der Waals surface area contributed by atoms with Crippen molar-refractivity contribution in [3.05, 3.63) is 0 Å². The van der Waals surface area contributed by atoms with Crippen molar-refractivity contribution in [2.75, 3.05) is 20.8 Å². The van der Waals surface area contributed by atoms with Gasteiger partial charge < -0.3 is 9.47 Å². The van der Waals surface area contributed by atoms with Crippen LogP contribution in [0.1, 0.15) is 33.1 Å². The summed E-state index contributed by atoms with van der Waals surface area (Å²) in [4.78, 5) is 11.2. The van der Waals surface area contributed by atoms with Crippen molar-refractivity contribution in [3.8, 4) is 0 Å². The van der Waals surface area contributed by atoms with Crippen molar-refractivity contribution in [1.29, 1.82) is 0 Å². The molecule has 0 heterocycles. The highest BCUT2D eigenvalue weighted by Crippen LogP contribution is 2.15. The predicted molar refractivity (Wildman–Crippen MR) is 51.8 cm³/mol. The van der Waals surface area contributed by atoms with Crippen LogP contribution in [0.25, 0.3) is 0 Å². The van der Waals surface area contributed by atoms with Crippen molar-refractivity contribution < 1.29 is 14.3 Å². The Hall–Kier alpha value is -0.410. The van der Waals surface area contributed by atoms with Crippen molar-refractivity contribution in [2.24, 2.45) is 0 Å². The third-order valence-corrected chi connectivity index (χ3v) is 2.14. The van der Waals surface area contributed by atoms with Crippen LogP contribution in [0.15, 0.2) is 0 Å². The number of rotatable bonds is 7. The number of ketones is 1. The van der Waals surface area contributed by atoms with Gasteiger partial charge in [0.1, 0.15) is 5.78 Å².